The number of nitrogens with one attached hydrogen (secondary N) is 2. The summed E-state index contributed by atoms with van der Waals surface area (Å²) in [7, 11) is 1.53. The molecule has 0 radical (unpaired) electrons. The van der Waals surface area contributed by atoms with E-state index in [1.165, 1.54) is 7.05 Å². The first-order valence-electron chi connectivity index (χ1n) is 3.80. The zero-order valence-electron chi connectivity index (χ0n) is 7.64. The minimum Gasteiger partial charge on any atom is -0.392 e. The largest absolute Gasteiger partial charge is 0.392 e. The molecular weight excluding hydrogens is 144 g/mol. The number of aliphatic hydroxyl groups is 1. The fraction of sp³-hybridized carbons (Fsp3) is 0.857. The third kappa shape index (κ3) is 12.4. The highest BCUT2D eigenvalue weighted by Crippen LogP contribution is 1.73. The molecule has 0 aliphatic heterocycles. The molecule has 11 heavy (non-hydrogen) atoms. The van der Waals surface area contributed by atoms with E-state index < -0.39 is 6.10 Å². The van der Waals surface area contributed by atoms with E-state index in [2.05, 4.69) is 10.6 Å². The smallest absolute Gasteiger partial charge is 0.314 e. The van der Waals surface area contributed by atoms with E-state index in [0.29, 0.717) is 6.54 Å². The van der Waals surface area contributed by atoms with Gasteiger partial charge in [-0.3, -0.25) is 0 Å². The normalized spacial score (nSPS) is 10.6. The molecular formula is C7H18N2O2. The monoisotopic (exact) mass is 162 g/mol. The molecule has 4 heteroatoms. The minimum atomic E-state index is -0.484. The summed E-state index contributed by atoms with van der Waals surface area (Å²) in [5.74, 6) is 0. The van der Waals surface area contributed by atoms with E-state index in [9.17, 15) is 4.79 Å². The van der Waals surface area contributed by atoms with Gasteiger partial charge < -0.3 is 15.7 Å². The zero-order chi connectivity index (χ0) is 9.28. The van der Waals surface area contributed by atoms with Crippen LogP contribution in [0.3, 0.4) is 0 Å². The van der Waals surface area contributed by atoms with Gasteiger partial charge in [0, 0.05) is 13.6 Å². The van der Waals surface area contributed by atoms with Gasteiger partial charge in [-0.15, -0.1) is 0 Å². The Morgan fingerprint density at radius 2 is 2.00 bits per heavy atom. The Morgan fingerprint density at radius 1 is 1.55 bits per heavy atom. The van der Waals surface area contributed by atoms with Crippen LogP contribution >= 0.6 is 0 Å². The molecule has 0 aromatic heterocycles. The zero-order valence-corrected chi connectivity index (χ0v) is 7.64. The number of carbonyl (C=O) groups is 1. The SMILES string of the molecule is CC.CNC(=O)NCC(C)O. The molecule has 0 rings (SSSR count). The molecule has 0 saturated carbocycles. The number of urea groups is 1. The van der Waals surface area contributed by atoms with Crippen molar-refractivity contribution in [1.29, 1.82) is 0 Å². The second-order valence-corrected chi connectivity index (χ2v) is 1.81. The molecule has 2 amide bonds. The molecule has 0 fully saturated rings. The second-order valence-electron chi connectivity index (χ2n) is 1.81. The molecule has 3 N–H and O–H groups in total. The lowest BCUT2D eigenvalue weighted by molar-refractivity contribution is 0.188. The van der Waals surface area contributed by atoms with E-state index in [0.717, 1.165) is 0 Å². The van der Waals surface area contributed by atoms with Gasteiger partial charge in [0.2, 0.25) is 0 Å². The molecule has 0 bridgehead atoms. The summed E-state index contributed by atoms with van der Waals surface area (Å²) in [5.41, 5.74) is 0. The fourth-order valence-electron chi connectivity index (χ4n) is 0.329. The molecule has 0 aliphatic rings. The predicted molar refractivity (Wildman–Crippen MR) is 45.5 cm³/mol. The first kappa shape index (κ1) is 12.9. The van der Waals surface area contributed by atoms with Gasteiger partial charge in [-0.1, -0.05) is 13.8 Å². The first-order chi connectivity index (χ1) is 5.16. The Balaban J connectivity index is 0. The van der Waals surface area contributed by atoms with Gasteiger partial charge in [0.15, 0.2) is 0 Å². The molecule has 0 aromatic rings. The van der Waals surface area contributed by atoms with Gasteiger partial charge in [-0.2, -0.15) is 0 Å². The van der Waals surface area contributed by atoms with E-state index >= 15 is 0 Å². The van der Waals surface area contributed by atoms with Crippen molar-refractivity contribution in [2.24, 2.45) is 0 Å². The van der Waals surface area contributed by atoms with Crippen LogP contribution in [0.1, 0.15) is 20.8 Å². The summed E-state index contributed by atoms with van der Waals surface area (Å²) < 4.78 is 0. The van der Waals surface area contributed by atoms with Gasteiger partial charge >= 0.3 is 6.03 Å². The standard InChI is InChI=1S/C5H12N2O2.C2H6/c1-4(8)3-7-5(9)6-2;1-2/h4,8H,3H2,1-2H3,(H2,6,7,9);1-2H3. The summed E-state index contributed by atoms with van der Waals surface area (Å²) in [6, 6.07) is -0.268. The Labute approximate surface area is 68.0 Å². The highest BCUT2D eigenvalue weighted by atomic mass is 16.3. The maximum Gasteiger partial charge on any atom is 0.314 e. The molecule has 1 atom stereocenters. The van der Waals surface area contributed by atoms with Crippen LogP contribution in [-0.4, -0.2) is 30.8 Å². The van der Waals surface area contributed by atoms with Gasteiger partial charge in [0.1, 0.15) is 0 Å². The molecule has 4 nitrogen and oxygen atoms in total. The van der Waals surface area contributed by atoms with Gasteiger partial charge in [-0.25, -0.2) is 4.79 Å². The number of hydrogen-bond donors (Lipinski definition) is 3. The Kier molecular flexibility index (Phi) is 10.8. The Morgan fingerprint density at radius 3 is 2.27 bits per heavy atom. The van der Waals surface area contributed by atoms with Gasteiger partial charge in [0.05, 0.1) is 6.10 Å². The summed E-state index contributed by atoms with van der Waals surface area (Å²) in [5, 5.41) is 13.4. The summed E-state index contributed by atoms with van der Waals surface area (Å²) in [6.45, 7) is 5.90. The lowest BCUT2D eigenvalue weighted by atomic mass is 10.4. The van der Waals surface area contributed by atoms with Gasteiger partial charge in [0.25, 0.3) is 0 Å². The average molecular weight is 162 g/mol. The van der Waals surface area contributed by atoms with Crippen molar-refractivity contribution in [3.05, 3.63) is 0 Å². The summed E-state index contributed by atoms with van der Waals surface area (Å²) >= 11 is 0. The number of amides is 2. The summed E-state index contributed by atoms with van der Waals surface area (Å²) in [4.78, 5) is 10.4. The van der Waals surface area contributed by atoms with Crippen LogP contribution in [0.5, 0.6) is 0 Å². The Bertz CT molecular complexity index is 94.4. The molecule has 0 saturated heterocycles. The number of rotatable bonds is 2. The average Bonchev–Trinajstić information content (AvgIpc) is 2.04. The van der Waals surface area contributed by atoms with Crippen molar-refractivity contribution >= 4 is 6.03 Å². The molecule has 0 aliphatic carbocycles. The highest BCUT2D eigenvalue weighted by molar-refractivity contribution is 5.73. The van der Waals surface area contributed by atoms with Crippen molar-refractivity contribution in [3.63, 3.8) is 0 Å². The molecule has 0 spiro atoms. The maximum absolute atomic E-state index is 10.4. The topological polar surface area (TPSA) is 61.4 Å². The van der Waals surface area contributed by atoms with Crippen molar-refractivity contribution in [3.8, 4) is 0 Å². The van der Waals surface area contributed by atoms with Crippen LogP contribution in [0.15, 0.2) is 0 Å². The van der Waals surface area contributed by atoms with Crippen molar-refractivity contribution < 1.29 is 9.90 Å². The van der Waals surface area contributed by atoms with Crippen molar-refractivity contribution in [2.45, 2.75) is 26.9 Å². The van der Waals surface area contributed by atoms with Crippen LogP contribution in [-0.2, 0) is 0 Å². The molecule has 68 valence electrons. The third-order valence-corrected chi connectivity index (χ3v) is 0.785. The number of aliphatic hydroxyl groups excluding tert-OH is 1. The first-order valence-corrected chi connectivity index (χ1v) is 3.80. The third-order valence-electron chi connectivity index (χ3n) is 0.785. The highest BCUT2D eigenvalue weighted by Gasteiger charge is 1.97. The molecule has 0 heterocycles. The van der Waals surface area contributed by atoms with E-state index in [4.69, 9.17) is 5.11 Å². The van der Waals surface area contributed by atoms with Gasteiger partial charge in [-0.05, 0) is 6.92 Å². The Hall–Kier alpha value is -0.770. The minimum absolute atomic E-state index is 0.268. The van der Waals surface area contributed by atoms with Crippen LogP contribution in [0.2, 0.25) is 0 Å². The van der Waals surface area contributed by atoms with Crippen molar-refractivity contribution in [2.75, 3.05) is 13.6 Å². The van der Waals surface area contributed by atoms with Crippen LogP contribution < -0.4 is 10.6 Å². The van der Waals surface area contributed by atoms with Crippen LogP contribution in [0.4, 0.5) is 4.79 Å². The van der Waals surface area contributed by atoms with Crippen molar-refractivity contribution in [1.82, 2.24) is 10.6 Å². The number of hydrogen-bond acceptors (Lipinski definition) is 2. The fourth-order valence-corrected chi connectivity index (χ4v) is 0.329. The lowest BCUT2D eigenvalue weighted by Crippen LogP contribution is -2.36. The molecule has 1 unspecified atom stereocenters. The summed E-state index contributed by atoms with van der Waals surface area (Å²) in [6.07, 6.45) is -0.484. The quantitative estimate of drug-likeness (QED) is 0.547. The van der Waals surface area contributed by atoms with E-state index in [-0.39, 0.29) is 6.03 Å². The van der Waals surface area contributed by atoms with E-state index in [1.807, 2.05) is 13.8 Å². The predicted octanol–water partition coefficient (Wildman–Crippen LogP) is 0.322. The van der Waals surface area contributed by atoms with Crippen LogP contribution in [0, 0.1) is 0 Å². The second kappa shape index (κ2) is 9.23. The van der Waals surface area contributed by atoms with Crippen LogP contribution in [0.25, 0.3) is 0 Å². The molecule has 0 aromatic carbocycles. The maximum atomic E-state index is 10.4. The number of carbonyl (C=O) groups excluding carboxylic acids is 1. The lowest BCUT2D eigenvalue weighted by Gasteiger charge is -2.04. The van der Waals surface area contributed by atoms with E-state index in [1.54, 1.807) is 6.92 Å².